The maximum Gasteiger partial charge on any atom is 0.123 e. The summed E-state index contributed by atoms with van der Waals surface area (Å²) in [7, 11) is 0. The molecule has 1 aromatic carbocycles. The number of ether oxygens (including phenoxy) is 1. The number of rotatable bonds is 4. The van der Waals surface area contributed by atoms with Crippen LogP contribution in [0.2, 0.25) is 0 Å². The van der Waals surface area contributed by atoms with Crippen LogP contribution < -0.4 is 0 Å². The van der Waals surface area contributed by atoms with Crippen LogP contribution in [0, 0.1) is 6.92 Å². The molecule has 0 radical (unpaired) electrons. The zero-order chi connectivity index (χ0) is 15.6. The highest BCUT2D eigenvalue weighted by atomic mass is 32.1. The van der Waals surface area contributed by atoms with Crippen LogP contribution in [0.3, 0.4) is 0 Å². The third-order valence-electron chi connectivity index (χ3n) is 4.19. The Kier molecular flexibility index (Phi) is 3.97. The summed E-state index contributed by atoms with van der Waals surface area (Å²) in [5.74, 6) is 1.53. The van der Waals surface area contributed by atoms with Crippen molar-refractivity contribution in [3.05, 3.63) is 59.1 Å². The van der Waals surface area contributed by atoms with E-state index in [0.29, 0.717) is 5.92 Å². The summed E-state index contributed by atoms with van der Waals surface area (Å²) in [4.78, 5) is 9.33. The summed E-state index contributed by atoms with van der Waals surface area (Å²) < 4.78 is 7.70. The molecule has 0 unspecified atom stereocenters. The number of hydrogen-bond donors (Lipinski definition) is 0. The van der Waals surface area contributed by atoms with Crippen molar-refractivity contribution in [1.82, 2.24) is 14.5 Å². The summed E-state index contributed by atoms with van der Waals surface area (Å²) in [6, 6.07) is 8.49. The lowest BCUT2D eigenvalue weighted by molar-refractivity contribution is 0.192. The first kappa shape index (κ1) is 14.6. The first-order valence-electron chi connectivity index (χ1n) is 7.90. The molecule has 5 heteroatoms. The van der Waals surface area contributed by atoms with Crippen molar-refractivity contribution in [2.45, 2.75) is 25.8 Å². The van der Waals surface area contributed by atoms with Gasteiger partial charge in [0.2, 0.25) is 0 Å². The molecule has 0 amide bonds. The molecule has 0 bridgehead atoms. The number of hydrogen-bond acceptors (Lipinski definition) is 4. The molecule has 4 nitrogen and oxygen atoms in total. The van der Waals surface area contributed by atoms with Crippen molar-refractivity contribution in [3.8, 4) is 10.6 Å². The molecule has 1 aliphatic heterocycles. The normalized spacial score (nSPS) is 17.7. The quantitative estimate of drug-likeness (QED) is 0.731. The van der Waals surface area contributed by atoms with Gasteiger partial charge >= 0.3 is 0 Å². The monoisotopic (exact) mass is 325 g/mol. The van der Waals surface area contributed by atoms with E-state index in [2.05, 4.69) is 46.1 Å². The molecule has 3 aromatic rings. The van der Waals surface area contributed by atoms with Gasteiger partial charge in [-0.1, -0.05) is 23.8 Å². The Hall–Kier alpha value is -1.98. The summed E-state index contributed by atoms with van der Waals surface area (Å²) in [6.45, 7) is 4.50. The van der Waals surface area contributed by atoms with E-state index in [4.69, 9.17) is 9.72 Å². The number of benzene rings is 1. The number of thiazole rings is 1. The molecular weight excluding hydrogens is 306 g/mol. The molecule has 0 N–H and O–H groups in total. The second kappa shape index (κ2) is 6.26. The molecule has 1 saturated heterocycles. The standard InChI is InChI=1S/C18H19N3OS/c1-13-3-2-4-14(9-13)18-20-16(12-23-18)10-21-7-6-19-17(21)15-5-8-22-11-15/h2-4,6-7,9,12,15H,5,8,10-11H2,1H3/t15-/m1/s1. The fourth-order valence-electron chi connectivity index (χ4n) is 3.02. The third kappa shape index (κ3) is 3.07. The first-order chi connectivity index (χ1) is 11.3. The maximum absolute atomic E-state index is 5.49. The van der Waals surface area contributed by atoms with Gasteiger partial charge in [-0.05, 0) is 19.4 Å². The van der Waals surface area contributed by atoms with E-state index in [9.17, 15) is 0 Å². The van der Waals surface area contributed by atoms with E-state index >= 15 is 0 Å². The third-order valence-corrected chi connectivity index (χ3v) is 5.13. The summed E-state index contributed by atoms with van der Waals surface area (Å²) in [5.41, 5.74) is 3.54. The van der Waals surface area contributed by atoms with Crippen LogP contribution in [0.1, 0.15) is 29.4 Å². The highest BCUT2D eigenvalue weighted by molar-refractivity contribution is 7.13. The van der Waals surface area contributed by atoms with Gasteiger partial charge in [-0.2, -0.15) is 0 Å². The number of nitrogens with zero attached hydrogens (tertiary/aromatic N) is 3. The van der Waals surface area contributed by atoms with Crippen LogP contribution >= 0.6 is 11.3 Å². The Bertz CT molecular complexity index is 802. The lowest BCUT2D eigenvalue weighted by Gasteiger charge is -2.10. The Morgan fingerprint density at radius 1 is 1.39 bits per heavy atom. The highest BCUT2D eigenvalue weighted by Crippen LogP contribution is 2.27. The summed E-state index contributed by atoms with van der Waals surface area (Å²) in [6.07, 6.45) is 4.98. The van der Waals surface area contributed by atoms with E-state index in [1.807, 2.05) is 12.4 Å². The van der Waals surface area contributed by atoms with E-state index in [1.54, 1.807) is 11.3 Å². The van der Waals surface area contributed by atoms with Crippen LogP contribution in [-0.2, 0) is 11.3 Å². The molecule has 0 saturated carbocycles. The number of imidazole rings is 1. The van der Waals surface area contributed by atoms with Gasteiger partial charge in [-0.15, -0.1) is 11.3 Å². The van der Waals surface area contributed by atoms with Gasteiger partial charge in [0.05, 0.1) is 18.8 Å². The van der Waals surface area contributed by atoms with Crippen LogP contribution in [0.15, 0.2) is 42.0 Å². The average Bonchev–Trinajstić information content (AvgIpc) is 3.29. The molecule has 3 heterocycles. The molecule has 4 rings (SSSR count). The minimum atomic E-state index is 0.417. The molecule has 1 fully saturated rings. The van der Waals surface area contributed by atoms with Crippen LogP contribution in [0.5, 0.6) is 0 Å². The lowest BCUT2D eigenvalue weighted by Crippen LogP contribution is -2.10. The largest absolute Gasteiger partial charge is 0.381 e. The minimum Gasteiger partial charge on any atom is -0.381 e. The fraction of sp³-hybridized carbons (Fsp3) is 0.333. The Morgan fingerprint density at radius 2 is 2.35 bits per heavy atom. The highest BCUT2D eigenvalue weighted by Gasteiger charge is 2.22. The van der Waals surface area contributed by atoms with Crippen LogP contribution in [-0.4, -0.2) is 27.7 Å². The van der Waals surface area contributed by atoms with Gasteiger partial charge in [0.1, 0.15) is 10.8 Å². The average molecular weight is 325 g/mol. The topological polar surface area (TPSA) is 39.9 Å². The predicted octanol–water partition coefficient (Wildman–Crippen LogP) is 3.87. The van der Waals surface area contributed by atoms with Crippen molar-refractivity contribution >= 4 is 11.3 Å². The Labute approximate surface area is 139 Å². The molecule has 2 aromatic heterocycles. The zero-order valence-electron chi connectivity index (χ0n) is 13.1. The zero-order valence-corrected chi connectivity index (χ0v) is 13.9. The second-order valence-corrected chi connectivity index (χ2v) is 6.85. The van der Waals surface area contributed by atoms with Gasteiger partial charge in [-0.3, -0.25) is 0 Å². The summed E-state index contributed by atoms with van der Waals surface area (Å²) in [5, 5.41) is 3.22. The van der Waals surface area contributed by atoms with E-state index in [-0.39, 0.29) is 0 Å². The summed E-state index contributed by atoms with van der Waals surface area (Å²) >= 11 is 1.70. The molecule has 23 heavy (non-hydrogen) atoms. The van der Waals surface area contributed by atoms with E-state index < -0.39 is 0 Å². The van der Waals surface area contributed by atoms with E-state index in [0.717, 1.165) is 42.7 Å². The van der Waals surface area contributed by atoms with Gasteiger partial charge in [0.15, 0.2) is 0 Å². The van der Waals surface area contributed by atoms with Gasteiger partial charge in [0.25, 0.3) is 0 Å². The first-order valence-corrected chi connectivity index (χ1v) is 8.78. The second-order valence-electron chi connectivity index (χ2n) is 5.99. The van der Waals surface area contributed by atoms with Gasteiger partial charge < -0.3 is 9.30 Å². The lowest BCUT2D eigenvalue weighted by atomic mass is 10.1. The van der Waals surface area contributed by atoms with Crippen molar-refractivity contribution < 1.29 is 4.74 Å². The van der Waals surface area contributed by atoms with E-state index in [1.165, 1.54) is 11.1 Å². The van der Waals surface area contributed by atoms with Crippen LogP contribution in [0.25, 0.3) is 10.6 Å². The molecule has 118 valence electrons. The fourth-order valence-corrected chi connectivity index (χ4v) is 3.83. The SMILES string of the molecule is Cc1cccc(-c2nc(Cn3ccnc3[C@@H]3CCOC3)cs2)c1. The Morgan fingerprint density at radius 3 is 3.17 bits per heavy atom. The molecule has 1 aliphatic rings. The van der Waals surface area contributed by atoms with Crippen molar-refractivity contribution in [3.63, 3.8) is 0 Å². The molecule has 1 atom stereocenters. The predicted molar refractivity (Wildman–Crippen MR) is 91.8 cm³/mol. The van der Waals surface area contributed by atoms with Crippen molar-refractivity contribution in [2.75, 3.05) is 13.2 Å². The number of aryl methyl sites for hydroxylation is 1. The van der Waals surface area contributed by atoms with Crippen molar-refractivity contribution in [1.29, 1.82) is 0 Å². The maximum atomic E-state index is 5.49. The number of aromatic nitrogens is 3. The molecule has 0 aliphatic carbocycles. The van der Waals surface area contributed by atoms with Crippen LogP contribution in [0.4, 0.5) is 0 Å². The Balaban J connectivity index is 1.55. The van der Waals surface area contributed by atoms with Gasteiger partial charge in [0, 0.05) is 35.9 Å². The van der Waals surface area contributed by atoms with Crippen molar-refractivity contribution in [2.24, 2.45) is 0 Å². The van der Waals surface area contributed by atoms with Gasteiger partial charge in [-0.25, -0.2) is 9.97 Å². The molecular formula is C18H19N3OS. The smallest absolute Gasteiger partial charge is 0.123 e. The minimum absolute atomic E-state index is 0.417. The molecule has 0 spiro atoms.